The van der Waals surface area contributed by atoms with Crippen LogP contribution >= 0.6 is 0 Å². The second-order valence-electron chi connectivity index (χ2n) is 7.58. The van der Waals surface area contributed by atoms with Gasteiger partial charge >= 0.3 is 12.4 Å². The van der Waals surface area contributed by atoms with Crippen molar-refractivity contribution in [2.75, 3.05) is 11.9 Å². The van der Waals surface area contributed by atoms with Crippen LogP contribution in [0.5, 0.6) is 0 Å². The minimum atomic E-state index is -5.01. The Kier molecular flexibility index (Phi) is 5.84. The average Bonchev–Trinajstić information content (AvgIpc) is 3.30. The largest absolute Gasteiger partial charge is 0.417 e. The molecular formula is C22H15F6N7. The van der Waals surface area contributed by atoms with Crippen molar-refractivity contribution in [1.29, 1.82) is 5.26 Å². The zero-order valence-electron chi connectivity index (χ0n) is 18.1. The molecule has 4 rings (SSSR count). The van der Waals surface area contributed by atoms with Crippen LogP contribution in [0, 0.1) is 11.3 Å². The number of halogens is 6. The second-order valence-corrected chi connectivity index (χ2v) is 7.58. The Labute approximate surface area is 194 Å². The van der Waals surface area contributed by atoms with Crippen LogP contribution < -0.4 is 4.90 Å². The summed E-state index contributed by atoms with van der Waals surface area (Å²) in [5.74, 6) is 0.516. The van der Waals surface area contributed by atoms with E-state index < -0.39 is 34.9 Å². The summed E-state index contributed by atoms with van der Waals surface area (Å²) in [5, 5.41) is 12.3. The van der Waals surface area contributed by atoms with Gasteiger partial charge in [0, 0.05) is 24.8 Å². The fraction of sp³-hybridized carbons (Fsp3) is 0.227. The van der Waals surface area contributed by atoms with Crippen LogP contribution in [0.1, 0.15) is 35.5 Å². The molecule has 0 aliphatic rings. The molecule has 0 aliphatic carbocycles. The molecule has 3 aromatic heterocycles. The number of hydrogen-bond acceptors (Lipinski definition) is 6. The highest BCUT2D eigenvalue weighted by atomic mass is 19.4. The van der Waals surface area contributed by atoms with Gasteiger partial charge in [-0.3, -0.25) is 0 Å². The summed E-state index contributed by atoms with van der Waals surface area (Å²) in [7, 11) is 1.48. The summed E-state index contributed by atoms with van der Waals surface area (Å²) in [4.78, 5) is 13.8. The summed E-state index contributed by atoms with van der Waals surface area (Å²) in [6, 6.07) is 6.08. The first-order chi connectivity index (χ1) is 16.4. The third-order valence-electron chi connectivity index (χ3n) is 5.45. The van der Waals surface area contributed by atoms with Gasteiger partial charge in [-0.05, 0) is 42.6 Å². The number of benzene rings is 1. The molecule has 0 fully saturated rings. The fourth-order valence-corrected chi connectivity index (χ4v) is 3.59. The number of alkyl halides is 6. The molecule has 0 radical (unpaired) electrons. The molecule has 0 spiro atoms. The number of hydrogen-bond donors (Lipinski definition) is 0. The van der Waals surface area contributed by atoms with Gasteiger partial charge in [-0.15, -0.1) is 0 Å². The van der Waals surface area contributed by atoms with Gasteiger partial charge in [0.1, 0.15) is 18.2 Å². The first-order valence-electron chi connectivity index (χ1n) is 9.98. The molecule has 35 heavy (non-hydrogen) atoms. The van der Waals surface area contributed by atoms with E-state index in [2.05, 4.69) is 20.1 Å². The van der Waals surface area contributed by atoms with E-state index in [1.807, 2.05) is 6.07 Å². The van der Waals surface area contributed by atoms with Crippen molar-refractivity contribution in [1.82, 2.24) is 24.7 Å². The zero-order chi connectivity index (χ0) is 25.5. The molecule has 1 atom stereocenters. The van der Waals surface area contributed by atoms with E-state index in [1.54, 1.807) is 6.92 Å². The van der Waals surface area contributed by atoms with Crippen LogP contribution in [0.3, 0.4) is 0 Å². The van der Waals surface area contributed by atoms with Gasteiger partial charge in [0.05, 0.1) is 22.7 Å². The van der Waals surface area contributed by atoms with Gasteiger partial charge in [-0.2, -0.15) is 41.4 Å². The van der Waals surface area contributed by atoms with Gasteiger partial charge in [-0.25, -0.2) is 15.0 Å². The number of nitrogens with zero attached hydrogens (tertiary/aromatic N) is 7. The maximum Gasteiger partial charge on any atom is 0.417 e. The first kappa shape index (κ1) is 23.9. The number of nitriles is 1. The molecule has 0 saturated heterocycles. The number of anilines is 1. The summed E-state index contributed by atoms with van der Waals surface area (Å²) in [6.07, 6.45) is -6.33. The monoisotopic (exact) mass is 491 g/mol. The molecule has 0 amide bonds. The molecule has 3 heterocycles. The lowest BCUT2D eigenvalue weighted by Gasteiger charge is -2.27. The highest BCUT2D eigenvalue weighted by molar-refractivity contribution is 5.95. The Morgan fingerprint density at radius 3 is 2.31 bits per heavy atom. The van der Waals surface area contributed by atoms with Gasteiger partial charge < -0.3 is 4.90 Å². The Balaban J connectivity index is 1.83. The summed E-state index contributed by atoms with van der Waals surface area (Å²) in [6.45, 7) is 1.64. The van der Waals surface area contributed by atoms with Crippen LogP contribution in [-0.4, -0.2) is 31.8 Å². The molecule has 4 aromatic rings. The minimum Gasteiger partial charge on any atom is -0.349 e. The molecule has 0 saturated carbocycles. The van der Waals surface area contributed by atoms with E-state index in [9.17, 15) is 26.3 Å². The van der Waals surface area contributed by atoms with Crippen molar-refractivity contribution in [3.05, 3.63) is 71.6 Å². The predicted molar refractivity (Wildman–Crippen MR) is 112 cm³/mol. The number of aromatic nitrogens is 5. The maximum atomic E-state index is 13.6. The SMILES string of the molecule is CC(c1ncnn1-c1ccc(C#N)cn1)N(C)c1nccc2c(C(F)(F)F)cc(C(F)(F)F)cc12. The molecule has 0 aliphatic heterocycles. The summed E-state index contributed by atoms with van der Waals surface area (Å²) < 4.78 is 82.6. The lowest BCUT2D eigenvalue weighted by atomic mass is 10.0. The van der Waals surface area contributed by atoms with E-state index in [4.69, 9.17) is 5.26 Å². The molecule has 0 N–H and O–H groups in total. The van der Waals surface area contributed by atoms with Gasteiger partial charge in [0.15, 0.2) is 11.6 Å². The lowest BCUT2D eigenvalue weighted by molar-refractivity contribution is -0.142. The highest BCUT2D eigenvalue weighted by Gasteiger charge is 2.38. The van der Waals surface area contributed by atoms with E-state index in [0.717, 1.165) is 12.3 Å². The van der Waals surface area contributed by atoms with E-state index in [1.165, 1.54) is 41.3 Å². The summed E-state index contributed by atoms with van der Waals surface area (Å²) >= 11 is 0. The van der Waals surface area contributed by atoms with Crippen molar-refractivity contribution in [3.8, 4) is 11.9 Å². The smallest absolute Gasteiger partial charge is 0.349 e. The summed E-state index contributed by atoms with van der Waals surface area (Å²) in [5.41, 5.74) is -2.52. The van der Waals surface area contributed by atoms with Crippen molar-refractivity contribution in [3.63, 3.8) is 0 Å². The van der Waals surface area contributed by atoms with Crippen molar-refractivity contribution in [2.24, 2.45) is 0 Å². The molecule has 13 heteroatoms. The molecular weight excluding hydrogens is 476 g/mol. The second kappa shape index (κ2) is 8.53. The Hall–Kier alpha value is -4.21. The third-order valence-corrected chi connectivity index (χ3v) is 5.45. The maximum absolute atomic E-state index is 13.6. The zero-order valence-corrected chi connectivity index (χ0v) is 18.1. The quantitative estimate of drug-likeness (QED) is 0.360. The van der Waals surface area contributed by atoms with Gasteiger partial charge in [0.2, 0.25) is 0 Å². The Morgan fingerprint density at radius 1 is 0.971 bits per heavy atom. The highest BCUT2D eigenvalue weighted by Crippen LogP contribution is 2.42. The van der Waals surface area contributed by atoms with E-state index >= 15 is 0 Å². The van der Waals surface area contributed by atoms with E-state index in [0.29, 0.717) is 23.3 Å². The lowest BCUT2D eigenvalue weighted by Crippen LogP contribution is -2.26. The average molecular weight is 491 g/mol. The molecule has 1 aromatic carbocycles. The normalized spacial score (nSPS) is 13.0. The first-order valence-corrected chi connectivity index (χ1v) is 9.98. The van der Waals surface area contributed by atoms with E-state index in [-0.39, 0.29) is 17.3 Å². The minimum absolute atomic E-state index is 0.0999. The van der Waals surface area contributed by atoms with Crippen molar-refractivity contribution in [2.45, 2.75) is 25.3 Å². The Bertz CT molecular complexity index is 1420. The number of fused-ring (bicyclic) bond motifs is 1. The van der Waals surface area contributed by atoms with Gasteiger partial charge in [-0.1, -0.05) is 0 Å². The number of pyridine rings is 2. The van der Waals surface area contributed by atoms with Crippen LogP contribution in [0.4, 0.5) is 32.2 Å². The molecule has 0 bridgehead atoms. The van der Waals surface area contributed by atoms with Gasteiger partial charge in [0.25, 0.3) is 0 Å². The van der Waals surface area contributed by atoms with Crippen LogP contribution in [0.2, 0.25) is 0 Å². The number of rotatable bonds is 4. The predicted octanol–water partition coefficient (Wildman–Crippen LogP) is 5.32. The van der Waals surface area contributed by atoms with Crippen molar-refractivity contribution < 1.29 is 26.3 Å². The standard InChI is InChI=1S/C22H15F6N7/c1-12(19-32-11-33-35(19)18-4-3-13(9-29)10-31-18)34(2)20-16-7-14(21(23,24)25)8-17(22(26,27)28)15(16)5-6-30-20/h3-8,10-12H,1-2H3. The fourth-order valence-electron chi connectivity index (χ4n) is 3.59. The molecule has 1 unspecified atom stereocenters. The molecule has 180 valence electrons. The third kappa shape index (κ3) is 4.46. The van der Waals surface area contributed by atoms with Crippen molar-refractivity contribution >= 4 is 16.6 Å². The Morgan fingerprint density at radius 2 is 1.71 bits per heavy atom. The van der Waals surface area contributed by atoms with Crippen LogP contribution in [-0.2, 0) is 12.4 Å². The van der Waals surface area contributed by atoms with Crippen LogP contribution in [0.15, 0.2) is 49.1 Å². The topological polar surface area (TPSA) is 83.5 Å². The van der Waals surface area contributed by atoms with Crippen LogP contribution in [0.25, 0.3) is 16.6 Å². The molecule has 7 nitrogen and oxygen atoms in total.